The fourth-order valence-corrected chi connectivity index (χ4v) is 3.98. The Kier molecular flexibility index (Phi) is 4.75. The fraction of sp³-hybridized carbons (Fsp3) is 0.143. The zero-order valence-corrected chi connectivity index (χ0v) is 16.3. The molecule has 0 fully saturated rings. The molecule has 1 amide bonds. The standard InChI is InChI=1S/C21H19N3O3S/c1-26-14-5-3-12(4-6-14)11-23-20(25)19-18(22)16-10-13-9-15(27-2)7-8-17(13)24-21(16)28-19/h3-10H,11,22H2,1-2H3,(H,23,25). The molecule has 0 bridgehead atoms. The van der Waals surface area contributed by atoms with Gasteiger partial charge in [0.15, 0.2) is 0 Å². The SMILES string of the molecule is COc1ccc(CNC(=O)c2sc3nc4ccc(OC)cc4cc3c2N)cc1. The van der Waals surface area contributed by atoms with Crippen LogP contribution in [0.4, 0.5) is 5.69 Å². The molecular formula is C21H19N3O3S. The van der Waals surface area contributed by atoms with E-state index in [9.17, 15) is 4.79 Å². The predicted octanol–water partition coefficient (Wildman–Crippen LogP) is 3.98. The molecule has 142 valence electrons. The second-order valence-electron chi connectivity index (χ2n) is 6.28. The van der Waals surface area contributed by atoms with Crippen molar-refractivity contribution in [3.8, 4) is 11.5 Å². The summed E-state index contributed by atoms with van der Waals surface area (Å²) in [7, 11) is 3.24. The molecule has 2 aromatic heterocycles. The summed E-state index contributed by atoms with van der Waals surface area (Å²) in [4.78, 5) is 18.5. The lowest BCUT2D eigenvalue weighted by Gasteiger charge is -2.06. The van der Waals surface area contributed by atoms with Gasteiger partial charge in [-0.3, -0.25) is 4.79 Å². The van der Waals surface area contributed by atoms with Gasteiger partial charge in [-0.15, -0.1) is 11.3 Å². The fourth-order valence-electron chi connectivity index (χ4n) is 2.98. The van der Waals surface area contributed by atoms with E-state index in [4.69, 9.17) is 15.2 Å². The van der Waals surface area contributed by atoms with Crippen LogP contribution in [0.15, 0.2) is 48.5 Å². The van der Waals surface area contributed by atoms with Gasteiger partial charge in [-0.05, 0) is 42.0 Å². The number of thiophene rings is 1. The Morgan fingerprint density at radius 1 is 1.07 bits per heavy atom. The van der Waals surface area contributed by atoms with Crippen molar-refractivity contribution in [2.45, 2.75) is 6.54 Å². The molecule has 6 nitrogen and oxygen atoms in total. The Morgan fingerprint density at radius 3 is 2.50 bits per heavy atom. The van der Waals surface area contributed by atoms with E-state index >= 15 is 0 Å². The van der Waals surface area contributed by atoms with Crippen molar-refractivity contribution < 1.29 is 14.3 Å². The van der Waals surface area contributed by atoms with E-state index in [2.05, 4.69) is 10.3 Å². The maximum atomic E-state index is 12.7. The average Bonchev–Trinajstić information content (AvgIpc) is 3.06. The number of carbonyl (C=O) groups excluding carboxylic acids is 1. The van der Waals surface area contributed by atoms with Gasteiger partial charge in [0.05, 0.1) is 25.4 Å². The summed E-state index contributed by atoms with van der Waals surface area (Å²) in [6.45, 7) is 0.406. The Hall–Kier alpha value is -3.32. The molecule has 3 N–H and O–H groups in total. The minimum absolute atomic E-state index is 0.210. The van der Waals surface area contributed by atoms with Gasteiger partial charge in [0.2, 0.25) is 0 Å². The molecule has 0 aliphatic carbocycles. The second-order valence-corrected chi connectivity index (χ2v) is 7.27. The maximum Gasteiger partial charge on any atom is 0.263 e. The number of methoxy groups -OCH3 is 2. The van der Waals surface area contributed by atoms with E-state index in [1.807, 2.05) is 48.5 Å². The van der Waals surface area contributed by atoms with Gasteiger partial charge in [0.1, 0.15) is 21.2 Å². The van der Waals surface area contributed by atoms with Crippen molar-refractivity contribution in [1.29, 1.82) is 0 Å². The summed E-state index contributed by atoms with van der Waals surface area (Å²) < 4.78 is 10.4. The van der Waals surface area contributed by atoms with Gasteiger partial charge in [-0.1, -0.05) is 12.1 Å². The Morgan fingerprint density at radius 2 is 1.79 bits per heavy atom. The molecule has 0 aliphatic rings. The lowest BCUT2D eigenvalue weighted by molar-refractivity contribution is 0.0956. The number of nitrogens with zero attached hydrogens (tertiary/aromatic N) is 1. The highest BCUT2D eigenvalue weighted by Crippen LogP contribution is 2.35. The summed E-state index contributed by atoms with van der Waals surface area (Å²) in [5.74, 6) is 1.32. The second kappa shape index (κ2) is 7.36. The molecule has 2 aromatic carbocycles. The highest BCUT2D eigenvalue weighted by atomic mass is 32.1. The van der Waals surface area contributed by atoms with Crippen LogP contribution in [0, 0.1) is 0 Å². The number of nitrogens with one attached hydrogen (secondary N) is 1. The molecule has 2 heterocycles. The number of nitrogens with two attached hydrogens (primary N) is 1. The Balaban J connectivity index is 1.60. The van der Waals surface area contributed by atoms with Gasteiger partial charge in [-0.2, -0.15) is 0 Å². The molecule has 0 unspecified atom stereocenters. The summed E-state index contributed by atoms with van der Waals surface area (Å²) in [6.07, 6.45) is 0. The van der Waals surface area contributed by atoms with E-state index in [1.54, 1.807) is 14.2 Å². The van der Waals surface area contributed by atoms with Crippen molar-refractivity contribution in [1.82, 2.24) is 10.3 Å². The molecule has 0 saturated heterocycles. The Bertz CT molecular complexity index is 1170. The van der Waals surface area contributed by atoms with Crippen LogP contribution in [0.2, 0.25) is 0 Å². The third kappa shape index (κ3) is 3.32. The Labute approximate surface area is 165 Å². The molecule has 4 aromatic rings. The number of rotatable bonds is 5. The van der Waals surface area contributed by atoms with Gasteiger partial charge in [0.25, 0.3) is 5.91 Å². The minimum atomic E-state index is -0.210. The zero-order valence-electron chi connectivity index (χ0n) is 15.5. The largest absolute Gasteiger partial charge is 0.497 e. The molecule has 7 heteroatoms. The topological polar surface area (TPSA) is 86.5 Å². The van der Waals surface area contributed by atoms with Crippen LogP contribution in [0.25, 0.3) is 21.1 Å². The van der Waals surface area contributed by atoms with E-state index < -0.39 is 0 Å². The summed E-state index contributed by atoms with van der Waals surface area (Å²) in [5, 5.41) is 4.61. The first-order chi connectivity index (χ1) is 13.6. The lowest BCUT2D eigenvalue weighted by atomic mass is 10.1. The molecular weight excluding hydrogens is 374 g/mol. The first-order valence-electron chi connectivity index (χ1n) is 8.67. The number of amides is 1. The number of hydrogen-bond acceptors (Lipinski definition) is 6. The van der Waals surface area contributed by atoms with Gasteiger partial charge in [-0.25, -0.2) is 4.98 Å². The van der Waals surface area contributed by atoms with Crippen molar-refractivity contribution in [3.63, 3.8) is 0 Å². The highest BCUT2D eigenvalue weighted by Gasteiger charge is 2.18. The number of anilines is 1. The van der Waals surface area contributed by atoms with Crippen molar-refractivity contribution in [2.24, 2.45) is 0 Å². The smallest absolute Gasteiger partial charge is 0.263 e. The van der Waals surface area contributed by atoms with E-state index in [0.717, 1.165) is 38.2 Å². The van der Waals surface area contributed by atoms with Crippen LogP contribution in [0.5, 0.6) is 11.5 Å². The summed E-state index contributed by atoms with van der Waals surface area (Å²) in [5.41, 5.74) is 8.53. The molecule has 0 saturated carbocycles. The minimum Gasteiger partial charge on any atom is -0.497 e. The summed E-state index contributed by atoms with van der Waals surface area (Å²) in [6, 6.07) is 15.2. The number of pyridine rings is 1. The third-order valence-electron chi connectivity index (χ3n) is 4.54. The number of nitrogen functional groups attached to an aromatic ring is 1. The van der Waals surface area contributed by atoms with Crippen LogP contribution in [0.3, 0.4) is 0 Å². The zero-order chi connectivity index (χ0) is 19.7. The van der Waals surface area contributed by atoms with E-state index in [-0.39, 0.29) is 5.91 Å². The highest BCUT2D eigenvalue weighted by molar-refractivity contribution is 7.21. The van der Waals surface area contributed by atoms with Crippen LogP contribution < -0.4 is 20.5 Å². The van der Waals surface area contributed by atoms with Crippen LogP contribution in [0.1, 0.15) is 15.2 Å². The molecule has 0 spiro atoms. The van der Waals surface area contributed by atoms with E-state index in [1.165, 1.54) is 11.3 Å². The normalized spacial score (nSPS) is 10.9. The molecule has 28 heavy (non-hydrogen) atoms. The third-order valence-corrected chi connectivity index (χ3v) is 5.65. The quantitative estimate of drug-likeness (QED) is 0.536. The molecule has 4 rings (SSSR count). The van der Waals surface area contributed by atoms with Crippen molar-refractivity contribution in [3.05, 3.63) is 59.0 Å². The summed E-state index contributed by atoms with van der Waals surface area (Å²) >= 11 is 1.30. The van der Waals surface area contributed by atoms with E-state index in [0.29, 0.717) is 17.1 Å². The van der Waals surface area contributed by atoms with Crippen molar-refractivity contribution in [2.75, 3.05) is 20.0 Å². The number of carbonyl (C=O) groups is 1. The van der Waals surface area contributed by atoms with Gasteiger partial charge < -0.3 is 20.5 Å². The predicted molar refractivity (Wildman–Crippen MR) is 112 cm³/mol. The van der Waals surface area contributed by atoms with Gasteiger partial charge in [0, 0.05) is 17.3 Å². The molecule has 0 aliphatic heterocycles. The lowest BCUT2D eigenvalue weighted by Crippen LogP contribution is -2.22. The first kappa shape index (κ1) is 18.1. The van der Waals surface area contributed by atoms with Crippen LogP contribution in [-0.2, 0) is 6.54 Å². The molecule has 0 radical (unpaired) electrons. The maximum absolute atomic E-state index is 12.7. The number of ether oxygens (including phenoxy) is 2. The number of benzene rings is 2. The first-order valence-corrected chi connectivity index (χ1v) is 9.48. The van der Waals surface area contributed by atoms with Crippen molar-refractivity contribution >= 4 is 44.1 Å². The monoisotopic (exact) mass is 393 g/mol. The number of aromatic nitrogens is 1. The molecule has 0 atom stereocenters. The van der Waals surface area contributed by atoms with Crippen LogP contribution in [-0.4, -0.2) is 25.1 Å². The van der Waals surface area contributed by atoms with Crippen LogP contribution >= 0.6 is 11.3 Å². The number of hydrogen-bond donors (Lipinski definition) is 2. The van der Waals surface area contributed by atoms with Gasteiger partial charge >= 0.3 is 0 Å². The average molecular weight is 393 g/mol. The number of fused-ring (bicyclic) bond motifs is 2.